The summed E-state index contributed by atoms with van der Waals surface area (Å²) in [6.07, 6.45) is -4.32. The number of carboxylic acids is 1. The van der Waals surface area contributed by atoms with Crippen LogP contribution in [-0.4, -0.2) is 131 Å². The van der Waals surface area contributed by atoms with Gasteiger partial charge in [0, 0.05) is 36.1 Å². The molecule has 0 radical (unpaired) electrons. The molecular weight excluding hydrogens is 1070 g/mol. The number of hydrogen-bond donors (Lipinski definition) is 3. The zero-order chi connectivity index (χ0) is 58.0. The van der Waals surface area contributed by atoms with E-state index in [0.717, 1.165) is 22.3 Å². The SMILES string of the molecule is O=C(O)CCCCCNC(=O)OC1Cc2ccccc2-c2nnn(CCOCCOCCO[C@@H](O)[C@@]3(OC(=O)c4ccccc4)C(COC(=O)c4ccccc4)[C@@H](OC(=O)c4ccccc4)C3OC(=O)c3ccccc3)c2-c2ccccc21. The maximum atomic E-state index is 14.2. The zero-order valence-electron chi connectivity index (χ0n) is 45.2. The molecule has 1 saturated carbocycles. The largest absolute Gasteiger partial charge is 0.481 e. The van der Waals surface area contributed by atoms with Gasteiger partial charge in [0.15, 0.2) is 18.5 Å². The first-order valence-corrected chi connectivity index (χ1v) is 27.3. The highest BCUT2D eigenvalue weighted by molar-refractivity contribution is 5.92. The van der Waals surface area contributed by atoms with E-state index in [1.54, 1.807) is 77.5 Å². The van der Waals surface area contributed by atoms with E-state index in [1.165, 1.54) is 48.5 Å². The lowest BCUT2D eigenvalue weighted by molar-refractivity contribution is -0.342. The average Bonchev–Trinajstić information content (AvgIpc) is 1.55. The maximum absolute atomic E-state index is 14.2. The highest BCUT2D eigenvalue weighted by Gasteiger charge is 2.74. The summed E-state index contributed by atoms with van der Waals surface area (Å²) in [5, 5.41) is 33.2. The van der Waals surface area contributed by atoms with Crippen molar-refractivity contribution < 1.29 is 76.9 Å². The minimum Gasteiger partial charge on any atom is -0.481 e. The average molecular weight is 1130 g/mol. The number of hydrogen-bond acceptors (Lipinski definition) is 17. The Morgan fingerprint density at radius 3 is 1.81 bits per heavy atom. The van der Waals surface area contributed by atoms with Crippen molar-refractivity contribution in [2.24, 2.45) is 5.92 Å². The smallest absolute Gasteiger partial charge is 0.407 e. The fourth-order valence-corrected chi connectivity index (χ4v) is 10.0. The number of nitrogens with zero attached hydrogens (tertiary/aromatic N) is 3. The first kappa shape index (κ1) is 58.6. The molecule has 0 spiro atoms. The highest BCUT2D eigenvalue weighted by Crippen LogP contribution is 2.50. The van der Waals surface area contributed by atoms with Gasteiger partial charge in [0.1, 0.15) is 18.4 Å². The van der Waals surface area contributed by atoms with E-state index in [-0.39, 0.29) is 68.3 Å². The first-order chi connectivity index (χ1) is 40.5. The molecule has 6 atom stereocenters. The Morgan fingerprint density at radius 1 is 0.602 bits per heavy atom. The Kier molecular flexibility index (Phi) is 20.2. The van der Waals surface area contributed by atoms with Gasteiger partial charge in [0.25, 0.3) is 0 Å². The van der Waals surface area contributed by atoms with Crippen molar-refractivity contribution in [1.29, 1.82) is 0 Å². The molecule has 1 amide bonds. The van der Waals surface area contributed by atoms with Crippen LogP contribution in [0, 0.1) is 5.92 Å². The molecule has 1 aromatic heterocycles. The third kappa shape index (κ3) is 14.5. The van der Waals surface area contributed by atoms with E-state index < -0.39 is 78.7 Å². The number of amides is 1. The standard InChI is InChI=1S/C63H62N4O16/c68-52(69)32-14-5-19-33-64-62(75)80-51-40-46-28-15-16-29-47(46)53-54(49-31-18-17-30-48(49)51)67(66-65-53)34-35-76-36-37-77-38-39-78-61(74)63(83-60(73)45-26-12-4-13-27-45)50(41-79-57(70)42-20-6-1-7-21-42)55(81-58(71)43-22-8-2-9-23-43)56(63)82-59(72)44-24-10-3-11-25-44/h1-4,6-13,15-18,20-31,50-51,55-56,61,74H,5,14,19,32-41H2,(H,64,75)(H,68,69)/t50?,51?,55-,56?,61-,63-/m1/s1. The van der Waals surface area contributed by atoms with Crippen LogP contribution in [0.25, 0.3) is 22.5 Å². The van der Waals surface area contributed by atoms with E-state index in [9.17, 15) is 33.9 Å². The summed E-state index contributed by atoms with van der Waals surface area (Å²) < 4.78 is 49.9. The molecule has 9 rings (SSSR count). The van der Waals surface area contributed by atoms with Crippen molar-refractivity contribution in [3.63, 3.8) is 0 Å². The summed E-state index contributed by atoms with van der Waals surface area (Å²) in [5.41, 5.74) is 2.78. The molecule has 2 aliphatic rings. The second-order valence-electron chi connectivity index (χ2n) is 19.5. The molecule has 0 saturated heterocycles. The number of aromatic nitrogens is 3. The number of alkyl carbamates (subject to hydrolysis) is 1. The number of carbonyl (C=O) groups is 6. The van der Waals surface area contributed by atoms with Crippen molar-refractivity contribution in [2.75, 3.05) is 46.2 Å². The lowest BCUT2D eigenvalue weighted by Gasteiger charge is -2.57. The predicted molar refractivity (Wildman–Crippen MR) is 298 cm³/mol. The number of aliphatic hydroxyl groups excluding tert-OH is 1. The third-order valence-electron chi connectivity index (χ3n) is 14.2. The number of esters is 4. The fourth-order valence-electron chi connectivity index (χ4n) is 10.0. The van der Waals surface area contributed by atoms with Crippen molar-refractivity contribution in [2.45, 2.75) is 68.9 Å². The molecule has 0 bridgehead atoms. The van der Waals surface area contributed by atoms with Crippen molar-refractivity contribution >= 4 is 35.9 Å². The Morgan fingerprint density at radius 2 is 1.16 bits per heavy atom. The van der Waals surface area contributed by atoms with Crippen molar-refractivity contribution in [3.05, 3.63) is 203 Å². The number of ether oxygens (including phenoxy) is 8. The van der Waals surface area contributed by atoms with Gasteiger partial charge in [-0.3, -0.25) is 4.79 Å². The van der Waals surface area contributed by atoms with Crippen molar-refractivity contribution in [3.8, 4) is 22.5 Å². The number of unbranched alkanes of at least 4 members (excludes halogenated alkanes) is 2. The minimum atomic E-state index is -2.37. The summed E-state index contributed by atoms with van der Waals surface area (Å²) in [7, 11) is 0. The molecule has 1 fully saturated rings. The highest BCUT2D eigenvalue weighted by atomic mass is 16.7. The number of nitrogens with one attached hydrogen (secondary N) is 1. The molecule has 3 unspecified atom stereocenters. The number of fused-ring (bicyclic) bond motifs is 5. The Hall–Kier alpha value is -9.08. The maximum Gasteiger partial charge on any atom is 0.407 e. The van der Waals surface area contributed by atoms with E-state index in [1.807, 2.05) is 48.5 Å². The summed E-state index contributed by atoms with van der Waals surface area (Å²) in [5.74, 6) is -5.72. The molecule has 0 aliphatic heterocycles. The van der Waals surface area contributed by atoms with Gasteiger partial charge in [0.05, 0.1) is 73.4 Å². The molecule has 430 valence electrons. The van der Waals surface area contributed by atoms with Crippen LogP contribution in [0.1, 0.15) is 84.3 Å². The number of benzene rings is 6. The molecule has 20 nitrogen and oxygen atoms in total. The van der Waals surface area contributed by atoms with Crippen LogP contribution in [0.2, 0.25) is 0 Å². The quantitative estimate of drug-likeness (QED) is 0.0189. The van der Waals surface area contributed by atoms with Gasteiger partial charge in [-0.2, -0.15) is 0 Å². The normalized spacial score (nSPS) is 18.0. The molecule has 2 aliphatic carbocycles. The van der Waals surface area contributed by atoms with Gasteiger partial charge in [0.2, 0.25) is 5.60 Å². The lowest BCUT2D eigenvalue weighted by Crippen LogP contribution is -2.79. The number of carboxylic acid groups (broad SMARTS) is 1. The number of rotatable bonds is 27. The van der Waals surface area contributed by atoms with Gasteiger partial charge < -0.3 is 53.4 Å². The van der Waals surface area contributed by atoms with Crippen LogP contribution in [0.3, 0.4) is 0 Å². The van der Waals surface area contributed by atoms with E-state index in [2.05, 4.69) is 15.6 Å². The summed E-state index contributed by atoms with van der Waals surface area (Å²) in [6, 6.07) is 47.2. The van der Waals surface area contributed by atoms with Crippen LogP contribution >= 0.6 is 0 Å². The van der Waals surface area contributed by atoms with E-state index in [0.29, 0.717) is 43.6 Å². The van der Waals surface area contributed by atoms with Gasteiger partial charge >= 0.3 is 35.9 Å². The second kappa shape index (κ2) is 28.6. The Balaban J connectivity index is 0.870. The Bertz CT molecular complexity index is 3310. The number of carbonyl (C=O) groups excluding carboxylic acids is 5. The van der Waals surface area contributed by atoms with Crippen LogP contribution in [0.5, 0.6) is 0 Å². The van der Waals surface area contributed by atoms with E-state index in [4.69, 9.17) is 43.0 Å². The number of aliphatic hydroxyl groups is 1. The first-order valence-electron chi connectivity index (χ1n) is 27.3. The van der Waals surface area contributed by atoms with Crippen LogP contribution in [-0.2, 0) is 55.7 Å². The predicted octanol–water partition coefficient (Wildman–Crippen LogP) is 8.48. The molecule has 6 aromatic carbocycles. The van der Waals surface area contributed by atoms with Gasteiger partial charge in [-0.15, -0.1) is 5.10 Å². The monoisotopic (exact) mass is 1130 g/mol. The van der Waals surface area contributed by atoms with E-state index >= 15 is 0 Å². The molecule has 7 aromatic rings. The summed E-state index contributed by atoms with van der Waals surface area (Å²) in [6.45, 7) is -0.00263. The second-order valence-corrected chi connectivity index (χ2v) is 19.5. The molecule has 83 heavy (non-hydrogen) atoms. The molecule has 3 N–H and O–H groups in total. The zero-order valence-corrected chi connectivity index (χ0v) is 45.2. The fraction of sp³-hybridized carbons (Fsp3) is 0.302. The molecule has 20 heteroatoms. The summed E-state index contributed by atoms with van der Waals surface area (Å²) >= 11 is 0. The van der Waals surface area contributed by atoms with Crippen LogP contribution in [0.15, 0.2) is 170 Å². The molecular formula is C63H62N4O16. The molecule has 1 heterocycles. The Labute approximate surface area is 478 Å². The lowest BCUT2D eigenvalue weighted by atomic mass is 9.63. The number of aliphatic carboxylic acids is 1. The summed E-state index contributed by atoms with van der Waals surface area (Å²) in [4.78, 5) is 79.5. The van der Waals surface area contributed by atoms with Gasteiger partial charge in [-0.1, -0.05) is 133 Å². The minimum absolute atomic E-state index is 0.0611. The third-order valence-corrected chi connectivity index (χ3v) is 14.2. The van der Waals surface area contributed by atoms with Crippen LogP contribution < -0.4 is 5.32 Å². The van der Waals surface area contributed by atoms with Crippen molar-refractivity contribution in [1.82, 2.24) is 20.3 Å². The van der Waals surface area contributed by atoms with Gasteiger partial charge in [-0.05, 0) is 66.9 Å². The van der Waals surface area contributed by atoms with Crippen LogP contribution in [0.4, 0.5) is 4.79 Å². The van der Waals surface area contributed by atoms with Gasteiger partial charge in [-0.25, -0.2) is 28.7 Å². The topological polar surface area (TPSA) is 259 Å².